The predicted molar refractivity (Wildman–Crippen MR) is 142 cm³/mol. The summed E-state index contributed by atoms with van der Waals surface area (Å²) < 4.78 is 84.4. The number of nitrogens with zero attached hydrogens (tertiary/aromatic N) is 4. The Kier molecular flexibility index (Phi) is 6.56. The fourth-order valence-electron chi connectivity index (χ4n) is 4.85. The summed E-state index contributed by atoms with van der Waals surface area (Å²) >= 11 is 0. The van der Waals surface area contributed by atoms with Crippen molar-refractivity contribution in [2.45, 2.75) is 19.0 Å². The molecule has 0 bridgehead atoms. The third-order valence-corrected chi connectivity index (χ3v) is 7.09. The molecule has 13 heteroatoms. The molecule has 0 radical (unpaired) electrons. The Bertz CT molecular complexity index is 1680. The molecule has 1 aliphatic heterocycles. The molecule has 7 nitrogen and oxygen atoms in total. The lowest BCUT2D eigenvalue weighted by Gasteiger charge is -2.34. The SMILES string of the molecule is CN1CCN(c2ccc3nc(-c4ccc5nc(OCc6cc(C(F)(F)F)cc(C(F)(F)F)c6)[nH]c5c4)[nH]c3c2)CC1. The zero-order valence-electron chi connectivity index (χ0n) is 21.7. The van der Waals surface area contributed by atoms with Gasteiger partial charge in [0.05, 0.1) is 33.2 Å². The minimum absolute atomic E-state index is 0.0375. The van der Waals surface area contributed by atoms with Crippen molar-refractivity contribution in [2.24, 2.45) is 0 Å². The fourth-order valence-corrected chi connectivity index (χ4v) is 4.85. The molecule has 41 heavy (non-hydrogen) atoms. The van der Waals surface area contributed by atoms with Crippen LogP contribution in [0.25, 0.3) is 33.5 Å². The number of fused-ring (bicyclic) bond motifs is 2. The van der Waals surface area contributed by atoms with Crippen LogP contribution in [-0.4, -0.2) is 58.1 Å². The second-order valence-corrected chi connectivity index (χ2v) is 10.1. The molecule has 2 N–H and O–H groups in total. The van der Waals surface area contributed by atoms with E-state index in [-0.39, 0.29) is 17.6 Å². The fraction of sp³-hybridized carbons (Fsp3) is 0.286. The predicted octanol–water partition coefficient (Wildman–Crippen LogP) is 6.47. The van der Waals surface area contributed by atoms with Gasteiger partial charge in [-0.3, -0.25) is 0 Å². The van der Waals surface area contributed by atoms with Crippen LogP contribution in [0.1, 0.15) is 16.7 Å². The molecule has 214 valence electrons. The molecule has 0 atom stereocenters. The number of aromatic nitrogens is 4. The van der Waals surface area contributed by atoms with E-state index in [0.717, 1.165) is 48.5 Å². The van der Waals surface area contributed by atoms with Crippen LogP contribution in [0.15, 0.2) is 54.6 Å². The van der Waals surface area contributed by atoms with Crippen molar-refractivity contribution in [1.29, 1.82) is 0 Å². The molecule has 3 heterocycles. The van der Waals surface area contributed by atoms with E-state index < -0.39 is 30.1 Å². The smallest absolute Gasteiger partial charge is 0.416 e. The van der Waals surface area contributed by atoms with Gasteiger partial charge in [0.25, 0.3) is 6.01 Å². The van der Waals surface area contributed by atoms with Crippen molar-refractivity contribution in [3.8, 4) is 17.4 Å². The van der Waals surface area contributed by atoms with Gasteiger partial charge in [-0.05, 0) is 67.2 Å². The average molecular weight is 575 g/mol. The van der Waals surface area contributed by atoms with Crippen molar-refractivity contribution >= 4 is 27.8 Å². The number of hydrogen-bond acceptors (Lipinski definition) is 5. The lowest BCUT2D eigenvalue weighted by molar-refractivity contribution is -0.143. The highest BCUT2D eigenvalue weighted by atomic mass is 19.4. The van der Waals surface area contributed by atoms with Crippen molar-refractivity contribution in [2.75, 3.05) is 38.1 Å². The summed E-state index contributed by atoms with van der Waals surface area (Å²) in [4.78, 5) is 19.9. The Morgan fingerprint density at radius 1 is 0.756 bits per heavy atom. The molecule has 0 saturated carbocycles. The molecule has 0 spiro atoms. The van der Waals surface area contributed by atoms with Gasteiger partial charge < -0.3 is 24.5 Å². The molecule has 1 saturated heterocycles. The molecular formula is C28H24F6N6O. The van der Waals surface area contributed by atoms with Gasteiger partial charge in [-0.25, -0.2) is 4.98 Å². The Labute approximate surface area is 229 Å². The molecule has 5 aromatic rings. The Balaban J connectivity index is 1.22. The number of halogens is 6. The van der Waals surface area contributed by atoms with E-state index in [1.807, 2.05) is 12.1 Å². The highest BCUT2D eigenvalue weighted by Crippen LogP contribution is 2.36. The summed E-state index contributed by atoms with van der Waals surface area (Å²) in [5.41, 5.74) is 1.58. The van der Waals surface area contributed by atoms with Crippen LogP contribution < -0.4 is 9.64 Å². The molecule has 0 amide bonds. The van der Waals surface area contributed by atoms with E-state index in [9.17, 15) is 26.3 Å². The average Bonchev–Trinajstić information content (AvgIpc) is 3.54. The van der Waals surface area contributed by atoms with E-state index >= 15 is 0 Å². The summed E-state index contributed by atoms with van der Waals surface area (Å²) in [7, 11) is 2.11. The minimum Gasteiger partial charge on any atom is -0.460 e. The van der Waals surface area contributed by atoms with Gasteiger partial charge in [0.2, 0.25) is 0 Å². The van der Waals surface area contributed by atoms with Crippen molar-refractivity contribution < 1.29 is 31.1 Å². The van der Waals surface area contributed by atoms with Crippen LogP contribution in [0.4, 0.5) is 32.0 Å². The number of hydrogen-bond donors (Lipinski definition) is 2. The summed E-state index contributed by atoms with van der Waals surface area (Å²) in [6, 6.07) is 12.7. The molecule has 0 unspecified atom stereocenters. The number of anilines is 1. The highest BCUT2D eigenvalue weighted by molar-refractivity contribution is 5.86. The van der Waals surface area contributed by atoms with Gasteiger partial charge in [-0.2, -0.15) is 31.3 Å². The Morgan fingerprint density at radius 3 is 2.07 bits per heavy atom. The number of ether oxygens (including phenoxy) is 1. The monoisotopic (exact) mass is 574 g/mol. The van der Waals surface area contributed by atoms with Crippen LogP contribution >= 0.6 is 0 Å². The summed E-state index contributed by atoms with van der Waals surface area (Å²) in [6.07, 6.45) is -9.87. The topological polar surface area (TPSA) is 73.1 Å². The largest absolute Gasteiger partial charge is 0.460 e. The van der Waals surface area contributed by atoms with Gasteiger partial charge in [-0.15, -0.1) is 0 Å². The third-order valence-electron chi connectivity index (χ3n) is 7.09. The lowest BCUT2D eigenvalue weighted by atomic mass is 10.1. The quantitative estimate of drug-likeness (QED) is 0.235. The minimum atomic E-state index is -4.94. The van der Waals surface area contributed by atoms with Gasteiger partial charge >= 0.3 is 12.4 Å². The number of imidazole rings is 2. The van der Waals surface area contributed by atoms with Crippen LogP contribution in [0.5, 0.6) is 6.01 Å². The second kappa shape index (κ2) is 9.98. The molecule has 1 aliphatic rings. The second-order valence-electron chi connectivity index (χ2n) is 10.1. The van der Waals surface area contributed by atoms with Gasteiger partial charge in [0.1, 0.15) is 12.4 Å². The third kappa shape index (κ3) is 5.67. The van der Waals surface area contributed by atoms with E-state index in [4.69, 9.17) is 9.72 Å². The van der Waals surface area contributed by atoms with Crippen LogP contribution in [0, 0.1) is 0 Å². The molecule has 3 aromatic carbocycles. The Hall–Kier alpha value is -4.26. The first kappa shape index (κ1) is 26.9. The number of H-pyrrole nitrogens is 2. The van der Waals surface area contributed by atoms with Crippen LogP contribution in [0.2, 0.25) is 0 Å². The lowest BCUT2D eigenvalue weighted by Crippen LogP contribution is -2.44. The highest BCUT2D eigenvalue weighted by Gasteiger charge is 2.37. The number of nitrogens with one attached hydrogen (secondary N) is 2. The van der Waals surface area contributed by atoms with Crippen molar-refractivity contribution in [3.05, 3.63) is 71.3 Å². The maximum Gasteiger partial charge on any atom is 0.416 e. The zero-order chi connectivity index (χ0) is 28.9. The number of likely N-dealkylation sites (N-methyl/N-ethyl adjacent to an activating group) is 1. The number of rotatable bonds is 5. The van der Waals surface area contributed by atoms with Gasteiger partial charge in [0.15, 0.2) is 0 Å². The number of alkyl halides is 6. The first-order valence-corrected chi connectivity index (χ1v) is 12.8. The van der Waals surface area contributed by atoms with E-state index in [0.29, 0.717) is 29.0 Å². The van der Waals surface area contributed by atoms with E-state index in [1.165, 1.54) is 0 Å². The molecule has 2 aromatic heterocycles. The molecular weight excluding hydrogens is 550 g/mol. The van der Waals surface area contributed by atoms with Gasteiger partial charge in [-0.1, -0.05) is 0 Å². The van der Waals surface area contributed by atoms with Crippen molar-refractivity contribution in [3.63, 3.8) is 0 Å². The summed E-state index contributed by atoms with van der Waals surface area (Å²) in [5, 5.41) is 0. The van der Waals surface area contributed by atoms with E-state index in [2.05, 4.69) is 43.9 Å². The zero-order valence-corrected chi connectivity index (χ0v) is 21.7. The number of benzene rings is 3. The summed E-state index contributed by atoms with van der Waals surface area (Å²) in [6.45, 7) is 3.34. The molecule has 1 fully saturated rings. The van der Waals surface area contributed by atoms with E-state index in [1.54, 1.807) is 12.1 Å². The van der Waals surface area contributed by atoms with Crippen LogP contribution in [-0.2, 0) is 19.0 Å². The normalized spacial score (nSPS) is 15.2. The number of piperazine rings is 1. The standard InChI is InChI=1S/C28H24F6N6O/c1-39-6-8-40(9-7-39)20-3-5-21-24(14-20)36-25(35-21)17-2-4-22-23(12-17)38-26(37-22)41-15-16-10-18(27(29,30)31)13-19(11-16)28(32,33)34/h2-5,10-14H,6-9,15H2,1H3,(H,35,36)(H,37,38). The first-order valence-electron chi connectivity index (χ1n) is 12.8. The first-order chi connectivity index (χ1) is 19.4. The number of aromatic amines is 2. The maximum atomic E-state index is 13.2. The van der Waals surface area contributed by atoms with Crippen LogP contribution in [0.3, 0.4) is 0 Å². The maximum absolute atomic E-state index is 13.2. The van der Waals surface area contributed by atoms with Crippen molar-refractivity contribution in [1.82, 2.24) is 24.8 Å². The summed E-state index contributed by atoms with van der Waals surface area (Å²) in [5.74, 6) is 0.637. The Morgan fingerprint density at radius 2 is 1.39 bits per heavy atom. The molecule has 6 rings (SSSR count). The van der Waals surface area contributed by atoms with Gasteiger partial charge in [0, 0.05) is 37.4 Å². The molecule has 0 aliphatic carbocycles.